The molecule has 0 atom stereocenters. The summed E-state index contributed by atoms with van der Waals surface area (Å²) in [4.78, 5) is 1.28. The fraction of sp³-hybridized carbons (Fsp3) is 0. The summed E-state index contributed by atoms with van der Waals surface area (Å²) in [5.41, 5.74) is 2.87. The summed E-state index contributed by atoms with van der Waals surface area (Å²) < 4.78 is 28.6. The molecule has 0 aliphatic rings. The number of benzene rings is 3. The van der Waals surface area contributed by atoms with Crippen LogP contribution in [0, 0.1) is 0 Å². The maximum absolute atomic E-state index is 12.9. The molecule has 0 aliphatic heterocycles. The molecule has 5 nitrogen and oxygen atoms in total. The first-order valence-corrected chi connectivity index (χ1v) is 12.2. The molecule has 8 heteroatoms. The molecule has 0 fully saturated rings. The van der Waals surface area contributed by atoms with Gasteiger partial charge in [0.2, 0.25) is 14.8 Å². The Morgan fingerprint density at radius 1 is 0.767 bits per heavy atom. The van der Waals surface area contributed by atoms with E-state index in [0.717, 1.165) is 26.3 Å². The molecule has 0 spiro atoms. The highest BCUT2D eigenvalue weighted by Crippen LogP contribution is 2.31. The Bertz CT molecular complexity index is 1440. The summed E-state index contributed by atoms with van der Waals surface area (Å²) in [6, 6.07) is 23.4. The Hall–Kier alpha value is -2.81. The summed E-state index contributed by atoms with van der Waals surface area (Å²) in [6.45, 7) is 0. The Morgan fingerprint density at radius 2 is 1.40 bits per heavy atom. The standard InChI is InChI=1S/C22H14BrN3O2S2/c23-17-8-12-19(13-9-17)30(27,28)18-10-6-16(7-11-18)21-24-25-22-26(21)20(14-29-22)15-4-2-1-3-5-15/h1-14H. The predicted octanol–water partition coefficient (Wildman–Crippen LogP) is 5.72. The largest absolute Gasteiger partial charge is 0.265 e. The second-order valence-electron chi connectivity index (χ2n) is 6.61. The van der Waals surface area contributed by atoms with Gasteiger partial charge in [-0.3, -0.25) is 4.40 Å². The summed E-state index contributed by atoms with van der Waals surface area (Å²) in [7, 11) is -3.59. The van der Waals surface area contributed by atoms with Gasteiger partial charge in [-0.1, -0.05) is 46.3 Å². The van der Waals surface area contributed by atoms with Gasteiger partial charge in [-0.2, -0.15) is 0 Å². The quantitative estimate of drug-likeness (QED) is 0.319. The van der Waals surface area contributed by atoms with Crippen LogP contribution in [0.2, 0.25) is 0 Å². The molecule has 0 amide bonds. The summed E-state index contributed by atoms with van der Waals surface area (Å²) in [6.07, 6.45) is 0. The number of halogens is 1. The molecule has 3 aromatic carbocycles. The first-order chi connectivity index (χ1) is 14.5. The molecule has 0 saturated carbocycles. The molecule has 0 radical (unpaired) electrons. The van der Waals surface area contributed by atoms with E-state index in [2.05, 4.69) is 31.5 Å². The highest BCUT2D eigenvalue weighted by molar-refractivity contribution is 9.10. The number of hydrogen-bond donors (Lipinski definition) is 0. The average molecular weight is 496 g/mol. The maximum Gasteiger partial charge on any atom is 0.216 e. The Labute approximate surface area is 185 Å². The minimum Gasteiger partial charge on any atom is -0.265 e. The maximum atomic E-state index is 12.9. The summed E-state index contributed by atoms with van der Waals surface area (Å²) >= 11 is 4.85. The zero-order chi connectivity index (χ0) is 20.7. The van der Waals surface area contributed by atoms with Crippen molar-refractivity contribution < 1.29 is 8.42 Å². The minimum atomic E-state index is -3.59. The molecule has 0 unspecified atom stereocenters. The Balaban J connectivity index is 1.56. The van der Waals surface area contributed by atoms with Crippen LogP contribution in [0.5, 0.6) is 0 Å². The van der Waals surface area contributed by atoms with Crippen molar-refractivity contribution in [3.8, 4) is 22.6 Å². The van der Waals surface area contributed by atoms with Gasteiger partial charge in [0, 0.05) is 15.4 Å². The molecule has 5 rings (SSSR count). The number of hydrogen-bond acceptors (Lipinski definition) is 5. The molecule has 5 aromatic rings. The van der Waals surface area contributed by atoms with E-state index in [1.54, 1.807) is 48.5 Å². The lowest BCUT2D eigenvalue weighted by molar-refractivity contribution is 0.596. The molecule has 0 bridgehead atoms. The number of nitrogens with zero attached hydrogens (tertiary/aromatic N) is 3. The number of sulfone groups is 1. The molecule has 30 heavy (non-hydrogen) atoms. The van der Waals surface area contributed by atoms with Gasteiger partial charge < -0.3 is 0 Å². The Kier molecular flexibility index (Phi) is 4.77. The van der Waals surface area contributed by atoms with E-state index in [0.29, 0.717) is 5.82 Å². The lowest BCUT2D eigenvalue weighted by Crippen LogP contribution is -2.02. The monoisotopic (exact) mass is 495 g/mol. The zero-order valence-electron chi connectivity index (χ0n) is 15.4. The van der Waals surface area contributed by atoms with Gasteiger partial charge in [0.25, 0.3) is 0 Å². The smallest absolute Gasteiger partial charge is 0.216 e. The van der Waals surface area contributed by atoms with Crippen molar-refractivity contribution in [2.45, 2.75) is 9.79 Å². The fourth-order valence-electron chi connectivity index (χ4n) is 3.25. The van der Waals surface area contributed by atoms with Gasteiger partial charge in [-0.25, -0.2) is 8.42 Å². The minimum absolute atomic E-state index is 0.239. The zero-order valence-corrected chi connectivity index (χ0v) is 18.7. The first kappa shape index (κ1) is 19.2. The van der Waals surface area contributed by atoms with Crippen LogP contribution in [0.3, 0.4) is 0 Å². The van der Waals surface area contributed by atoms with E-state index in [1.165, 1.54) is 11.3 Å². The van der Waals surface area contributed by atoms with Crippen LogP contribution in [0.4, 0.5) is 0 Å². The van der Waals surface area contributed by atoms with E-state index in [1.807, 2.05) is 34.7 Å². The lowest BCUT2D eigenvalue weighted by atomic mass is 10.1. The topological polar surface area (TPSA) is 64.3 Å². The van der Waals surface area contributed by atoms with Crippen LogP contribution in [0.1, 0.15) is 0 Å². The van der Waals surface area contributed by atoms with Crippen molar-refractivity contribution in [2.24, 2.45) is 0 Å². The molecule has 0 N–H and O–H groups in total. The van der Waals surface area contributed by atoms with Gasteiger partial charge in [0.05, 0.1) is 15.5 Å². The molecule has 0 aliphatic carbocycles. The SMILES string of the molecule is O=S(=O)(c1ccc(Br)cc1)c1ccc(-c2nnc3scc(-c4ccccc4)n23)cc1. The molecular formula is C22H14BrN3O2S2. The number of thiazole rings is 1. The van der Waals surface area contributed by atoms with E-state index >= 15 is 0 Å². The van der Waals surface area contributed by atoms with Crippen molar-refractivity contribution in [1.82, 2.24) is 14.6 Å². The van der Waals surface area contributed by atoms with E-state index in [4.69, 9.17) is 0 Å². The van der Waals surface area contributed by atoms with Crippen LogP contribution < -0.4 is 0 Å². The van der Waals surface area contributed by atoms with Crippen molar-refractivity contribution in [3.63, 3.8) is 0 Å². The van der Waals surface area contributed by atoms with E-state index in [-0.39, 0.29) is 9.79 Å². The first-order valence-electron chi connectivity index (χ1n) is 9.03. The fourth-order valence-corrected chi connectivity index (χ4v) is 5.61. The predicted molar refractivity (Wildman–Crippen MR) is 121 cm³/mol. The lowest BCUT2D eigenvalue weighted by Gasteiger charge is -2.07. The van der Waals surface area contributed by atoms with E-state index < -0.39 is 9.84 Å². The van der Waals surface area contributed by atoms with Crippen molar-refractivity contribution >= 4 is 42.1 Å². The van der Waals surface area contributed by atoms with Crippen molar-refractivity contribution in [2.75, 3.05) is 0 Å². The van der Waals surface area contributed by atoms with Crippen LogP contribution in [0.25, 0.3) is 27.6 Å². The van der Waals surface area contributed by atoms with Gasteiger partial charge >= 0.3 is 0 Å². The third-order valence-electron chi connectivity index (χ3n) is 4.77. The van der Waals surface area contributed by atoms with Crippen LogP contribution >= 0.6 is 27.3 Å². The third-order valence-corrected chi connectivity index (χ3v) is 7.90. The van der Waals surface area contributed by atoms with Crippen molar-refractivity contribution in [3.05, 3.63) is 88.7 Å². The highest BCUT2D eigenvalue weighted by Gasteiger charge is 2.19. The van der Waals surface area contributed by atoms with Gasteiger partial charge in [-0.05, 0) is 54.1 Å². The molecule has 0 saturated heterocycles. The highest BCUT2D eigenvalue weighted by atomic mass is 79.9. The number of rotatable bonds is 4. The Morgan fingerprint density at radius 3 is 2.07 bits per heavy atom. The molecule has 148 valence electrons. The van der Waals surface area contributed by atoms with Gasteiger partial charge in [0.15, 0.2) is 5.82 Å². The number of aromatic nitrogens is 3. The van der Waals surface area contributed by atoms with E-state index in [9.17, 15) is 8.42 Å². The van der Waals surface area contributed by atoms with Gasteiger partial charge in [-0.15, -0.1) is 21.5 Å². The van der Waals surface area contributed by atoms with Crippen LogP contribution in [0.15, 0.2) is 98.5 Å². The third kappa shape index (κ3) is 3.27. The second-order valence-corrected chi connectivity index (χ2v) is 10.3. The normalized spacial score (nSPS) is 11.8. The summed E-state index contributed by atoms with van der Waals surface area (Å²) in [5, 5.41) is 10.7. The summed E-state index contributed by atoms with van der Waals surface area (Å²) in [5.74, 6) is 0.678. The van der Waals surface area contributed by atoms with Crippen molar-refractivity contribution in [1.29, 1.82) is 0 Å². The van der Waals surface area contributed by atoms with Crippen LogP contribution in [-0.4, -0.2) is 23.0 Å². The molecular weight excluding hydrogens is 482 g/mol. The van der Waals surface area contributed by atoms with Crippen LogP contribution in [-0.2, 0) is 9.84 Å². The average Bonchev–Trinajstić information content (AvgIpc) is 3.37. The van der Waals surface area contributed by atoms with Gasteiger partial charge in [0.1, 0.15) is 0 Å². The molecule has 2 aromatic heterocycles. The molecule has 2 heterocycles. The number of fused-ring (bicyclic) bond motifs is 1. The second kappa shape index (κ2) is 7.46.